The van der Waals surface area contributed by atoms with Gasteiger partial charge in [-0.2, -0.15) is 5.10 Å². The van der Waals surface area contributed by atoms with Crippen LogP contribution in [-0.4, -0.2) is 23.2 Å². The van der Waals surface area contributed by atoms with E-state index < -0.39 is 0 Å². The number of hydrogen-bond acceptors (Lipinski definition) is 4. The highest BCUT2D eigenvalue weighted by molar-refractivity contribution is 6.32. The highest BCUT2D eigenvalue weighted by Crippen LogP contribution is 2.36. The second-order valence-electron chi connectivity index (χ2n) is 4.54. The van der Waals surface area contributed by atoms with Crippen molar-refractivity contribution in [3.63, 3.8) is 0 Å². The number of hydrogen-bond donors (Lipinski definition) is 0. The summed E-state index contributed by atoms with van der Waals surface area (Å²) in [7, 11) is 3.37. The predicted octanol–water partition coefficient (Wildman–Crippen LogP) is 3.04. The zero-order chi connectivity index (χ0) is 15.4. The fraction of sp³-hybridized carbons (Fsp3) is 0.333. The molecule has 2 aromatic rings. The minimum Gasteiger partial charge on any atom is -0.493 e. The lowest BCUT2D eigenvalue weighted by Crippen LogP contribution is -2.04. The van der Waals surface area contributed by atoms with Crippen LogP contribution in [0, 0.1) is 0 Å². The number of benzene rings is 1. The Morgan fingerprint density at radius 1 is 1.38 bits per heavy atom. The van der Waals surface area contributed by atoms with Gasteiger partial charge in [-0.1, -0.05) is 18.5 Å². The highest BCUT2D eigenvalue weighted by atomic mass is 35.5. The fourth-order valence-corrected chi connectivity index (χ4v) is 2.25. The SMILES string of the molecule is CCc1cc(COc2c(Cl)cc(C=O)cc2OC)n(C)n1. The third kappa shape index (κ3) is 3.36. The van der Waals surface area contributed by atoms with E-state index in [1.807, 2.05) is 20.0 Å². The molecule has 0 fully saturated rings. The zero-order valence-electron chi connectivity index (χ0n) is 12.2. The minimum absolute atomic E-state index is 0.319. The van der Waals surface area contributed by atoms with Crippen molar-refractivity contribution < 1.29 is 14.3 Å². The molecule has 0 bridgehead atoms. The number of halogens is 1. The standard InChI is InChI=1S/C15H17ClN2O3/c1-4-11-7-12(18(2)17-11)9-21-15-13(16)5-10(8-19)6-14(15)20-3/h5-8H,4,9H2,1-3H3. The number of methoxy groups -OCH3 is 1. The molecule has 0 unspecified atom stereocenters. The molecule has 0 spiro atoms. The lowest BCUT2D eigenvalue weighted by atomic mass is 10.2. The van der Waals surface area contributed by atoms with E-state index in [4.69, 9.17) is 21.1 Å². The molecular formula is C15H17ClN2O3. The van der Waals surface area contributed by atoms with Crippen LogP contribution in [0.25, 0.3) is 0 Å². The van der Waals surface area contributed by atoms with Gasteiger partial charge in [-0.25, -0.2) is 0 Å². The molecule has 1 heterocycles. The Morgan fingerprint density at radius 3 is 2.71 bits per heavy atom. The largest absolute Gasteiger partial charge is 0.493 e. The van der Waals surface area contributed by atoms with Crippen LogP contribution in [0.3, 0.4) is 0 Å². The van der Waals surface area contributed by atoms with Crippen LogP contribution in [0.15, 0.2) is 18.2 Å². The molecule has 112 valence electrons. The molecule has 0 atom stereocenters. The third-order valence-corrected chi connectivity index (χ3v) is 3.42. The van der Waals surface area contributed by atoms with Crippen molar-refractivity contribution in [1.29, 1.82) is 0 Å². The van der Waals surface area contributed by atoms with Gasteiger partial charge in [-0.15, -0.1) is 0 Å². The molecule has 0 saturated carbocycles. The molecule has 5 nitrogen and oxygen atoms in total. The Bertz CT molecular complexity index is 653. The first-order valence-electron chi connectivity index (χ1n) is 6.56. The van der Waals surface area contributed by atoms with E-state index in [-0.39, 0.29) is 0 Å². The summed E-state index contributed by atoms with van der Waals surface area (Å²) in [5, 5.41) is 4.70. The first-order valence-corrected chi connectivity index (χ1v) is 6.94. The minimum atomic E-state index is 0.319. The van der Waals surface area contributed by atoms with Gasteiger partial charge < -0.3 is 9.47 Å². The lowest BCUT2D eigenvalue weighted by molar-refractivity contribution is 0.112. The van der Waals surface area contributed by atoms with E-state index in [0.29, 0.717) is 35.0 Å². The van der Waals surface area contributed by atoms with Gasteiger partial charge in [0.1, 0.15) is 12.9 Å². The first kappa shape index (κ1) is 15.4. The van der Waals surface area contributed by atoms with E-state index in [0.717, 1.165) is 17.8 Å². The predicted molar refractivity (Wildman–Crippen MR) is 80.3 cm³/mol. The Kier molecular flexibility index (Phi) is 4.85. The van der Waals surface area contributed by atoms with Gasteiger partial charge in [0, 0.05) is 12.6 Å². The van der Waals surface area contributed by atoms with Crippen molar-refractivity contribution in [3.05, 3.63) is 40.2 Å². The van der Waals surface area contributed by atoms with Gasteiger partial charge in [0.15, 0.2) is 11.5 Å². The van der Waals surface area contributed by atoms with E-state index in [1.165, 1.54) is 7.11 Å². The Hall–Kier alpha value is -2.01. The van der Waals surface area contributed by atoms with Crippen LogP contribution in [0.4, 0.5) is 0 Å². The first-order chi connectivity index (χ1) is 10.1. The summed E-state index contributed by atoms with van der Waals surface area (Å²) in [6.45, 7) is 2.37. The number of carbonyl (C=O) groups is 1. The normalized spacial score (nSPS) is 10.5. The monoisotopic (exact) mass is 308 g/mol. The summed E-state index contributed by atoms with van der Waals surface area (Å²) in [4.78, 5) is 10.8. The van der Waals surface area contributed by atoms with E-state index in [2.05, 4.69) is 5.10 Å². The van der Waals surface area contributed by atoms with Crippen molar-refractivity contribution in [3.8, 4) is 11.5 Å². The maximum Gasteiger partial charge on any atom is 0.180 e. The average molecular weight is 309 g/mol. The number of nitrogens with zero attached hydrogens (tertiary/aromatic N) is 2. The average Bonchev–Trinajstić information content (AvgIpc) is 2.85. The van der Waals surface area contributed by atoms with Crippen molar-refractivity contribution in [2.24, 2.45) is 7.05 Å². The van der Waals surface area contributed by atoms with Crippen LogP contribution in [-0.2, 0) is 20.1 Å². The van der Waals surface area contributed by atoms with Crippen LogP contribution >= 0.6 is 11.6 Å². The molecule has 2 rings (SSSR count). The van der Waals surface area contributed by atoms with E-state index >= 15 is 0 Å². The molecule has 21 heavy (non-hydrogen) atoms. The highest BCUT2D eigenvalue weighted by Gasteiger charge is 2.13. The zero-order valence-corrected chi connectivity index (χ0v) is 13.0. The summed E-state index contributed by atoms with van der Waals surface area (Å²) in [6.07, 6.45) is 1.58. The van der Waals surface area contributed by atoms with Crippen molar-refractivity contribution >= 4 is 17.9 Å². The molecule has 0 aliphatic rings. The maximum atomic E-state index is 10.8. The molecule has 0 radical (unpaired) electrons. The summed E-state index contributed by atoms with van der Waals surface area (Å²) in [6, 6.07) is 5.13. The Morgan fingerprint density at radius 2 is 2.14 bits per heavy atom. The summed E-state index contributed by atoms with van der Waals surface area (Å²) in [5.41, 5.74) is 2.38. The van der Waals surface area contributed by atoms with Gasteiger partial charge in [0.25, 0.3) is 0 Å². The summed E-state index contributed by atoms with van der Waals surface area (Å²) < 4.78 is 12.7. The van der Waals surface area contributed by atoms with Crippen molar-refractivity contribution in [2.45, 2.75) is 20.0 Å². The molecule has 1 aromatic heterocycles. The van der Waals surface area contributed by atoms with Crippen LogP contribution < -0.4 is 9.47 Å². The van der Waals surface area contributed by atoms with Crippen LogP contribution in [0.5, 0.6) is 11.5 Å². The number of aryl methyl sites for hydroxylation is 2. The van der Waals surface area contributed by atoms with Crippen LogP contribution in [0.1, 0.15) is 28.7 Å². The molecular weight excluding hydrogens is 292 g/mol. The number of carbonyl (C=O) groups excluding carboxylic acids is 1. The van der Waals surface area contributed by atoms with E-state index in [1.54, 1.807) is 16.8 Å². The van der Waals surface area contributed by atoms with Crippen LogP contribution in [0.2, 0.25) is 5.02 Å². The second-order valence-corrected chi connectivity index (χ2v) is 4.95. The maximum absolute atomic E-state index is 10.8. The van der Waals surface area contributed by atoms with Gasteiger partial charge in [-0.3, -0.25) is 9.48 Å². The molecule has 0 N–H and O–H groups in total. The molecule has 0 aliphatic carbocycles. The summed E-state index contributed by atoms with van der Waals surface area (Å²) >= 11 is 6.14. The second kappa shape index (κ2) is 6.63. The third-order valence-electron chi connectivity index (χ3n) is 3.14. The number of aromatic nitrogens is 2. The molecule has 1 aromatic carbocycles. The summed E-state index contributed by atoms with van der Waals surface area (Å²) in [5.74, 6) is 0.853. The Labute approximate surface area is 128 Å². The fourth-order valence-electron chi connectivity index (χ4n) is 1.97. The number of ether oxygens (including phenoxy) is 2. The number of rotatable bonds is 6. The molecule has 0 saturated heterocycles. The topological polar surface area (TPSA) is 53.4 Å². The molecule has 0 aliphatic heterocycles. The Balaban J connectivity index is 2.23. The van der Waals surface area contributed by atoms with Gasteiger partial charge in [0.05, 0.1) is 23.5 Å². The van der Waals surface area contributed by atoms with Gasteiger partial charge >= 0.3 is 0 Å². The lowest BCUT2D eigenvalue weighted by Gasteiger charge is -2.13. The number of aldehydes is 1. The molecule has 0 amide bonds. The van der Waals surface area contributed by atoms with Gasteiger partial charge in [-0.05, 0) is 24.6 Å². The molecule has 6 heteroatoms. The quantitative estimate of drug-likeness (QED) is 0.770. The van der Waals surface area contributed by atoms with Crippen molar-refractivity contribution in [1.82, 2.24) is 9.78 Å². The van der Waals surface area contributed by atoms with Gasteiger partial charge in [0.2, 0.25) is 0 Å². The van der Waals surface area contributed by atoms with E-state index in [9.17, 15) is 4.79 Å². The van der Waals surface area contributed by atoms with Crippen molar-refractivity contribution in [2.75, 3.05) is 7.11 Å². The smallest absolute Gasteiger partial charge is 0.180 e.